The van der Waals surface area contributed by atoms with E-state index in [4.69, 9.17) is 4.74 Å². The second kappa shape index (κ2) is 7.34. The van der Waals surface area contributed by atoms with Crippen molar-refractivity contribution in [1.82, 2.24) is 5.32 Å². The standard InChI is InChI=1S/C13H24F3NO/c1-3-5-12(9-18-2)17-11-7-4-6-10(8-11)13(14,15)16/h10-12,17H,3-9H2,1-2H3. The van der Waals surface area contributed by atoms with E-state index < -0.39 is 12.1 Å². The SMILES string of the molecule is CCCC(COC)NC1CCCC(C(F)(F)F)C1. The molecule has 2 nitrogen and oxygen atoms in total. The summed E-state index contributed by atoms with van der Waals surface area (Å²) in [5.74, 6) is -1.13. The highest BCUT2D eigenvalue weighted by molar-refractivity contribution is 4.84. The number of halogens is 3. The summed E-state index contributed by atoms with van der Waals surface area (Å²) in [5.41, 5.74) is 0. The van der Waals surface area contributed by atoms with Gasteiger partial charge in [-0.2, -0.15) is 13.2 Å². The fraction of sp³-hybridized carbons (Fsp3) is 1.00. The molecular formula is C13H24F3NO. The second-order valence-corrected chi connectivity index (χ2v) is 5.21. The number of ether oxygens (including phenoxy) is 1. The Morgan fingerprint density at radius 3 is 2.61 bits per heavy atom. The Hall–Kier alpha value is -0.290. The summed E-state index contributed by atoms with van der Waals surface area (Å²) in [6.07, 6.45) is -0.0820. The van der Waals surface area contributed by atoms with Gasteiger partial charge in [0.25, 0.3) is 0 Å². The fourth-order valence-corrected chi connectivity index (χ4v) is 2.74. The first-order chi connectivity index (χ1) is 8.47. The third kappa shape index (κ3) is 5.14. The maximum Gasteiger partial charge on any atom is 0.391 e. The molecule has 0 amide bonds. The molecule has 0 heterocycles. The van der Waals surface area contributed by atoms with Crippen molar-refractivity contribution in [2.24, 2.45) is 5.92 Å². The zero-order valence-corrected chi connectivity index (χ0v) is 11.2. The number of rotatable bonds is 6. The van der Waals surface area contributed by atoms with Crippen molar-refractivity contribution >= 4 is 0 Å². The molecule has 1 aliphatic carbocycles. The van der Waals surface area contributed by atoms with E-state index in [2.05, 4.69) is 12.2 Å². The minimum atomic E-state index is -4.04. The van der Waals surface area contributed by atoms with Gasteiger partial charge in [-0.1, -0.05) is 19.8 Å². The van der Waals surface area contributed by atoms with Crippen LogP contribution in [-0.4, -0.2) is 32.0 Å². The van der Waals surface area contributed by atoms with Gasteiger partial charge in [0.15, 0.2) is 0 Å². The van der Waals surface area contributed by atoms with Crippen LogP contribution in [0.15, 0.2) is 0 Å². The van der Waals surface area contributed by atoms with Crippen LogP contribution in [0.3, 0.4) is 0 Å². The number of nitrogens with one attached hydrogen (secondary N) is 1. The Kier molecular flexibility index (Phi) is 6.43. The minimum Gasteiger partial charge on any atom is -0.383 e. The minimum absolute atomic E-state index is 0.0166. The van der Waals surface area contributed by atoms with Gasteiger partial charge in [-0.25, -0.2) is 0 Å². The first-order valence-corrected chi connectivity index (χ1v) is 6.79. The lowest BCUT2D eigenvalue weighted by atomic mass is 9.85. The van der Waals surface area contributed by atoms with E-state index in [1.54, 1.807) is 7.11 Å². The third-order valence-corrected chi connectivity index (χ3v) is 3.61. The van der Waals surface area contributed by atoms with Crippen molar-refractivity contribution < 1.29 is 17.9 Å². The molecule has 1 fully saturated rings. The van der Waals surface area contributed by atoms with E-state index in [0.29, 0.717) is 13.0 Å². The van der Waals surface area contributed by atoms with Crippen LogP contribution in [-0.2, 0) is 4.74 Å². The number of hydrogen-bond acceptors (Lipinski definition) is 2. The van der Waals surface area contributed by atoms with E-state index in [9.17, 15) is 13.2 Å². The van der Waals surface area contributed by atoms with Gasteiger partial charge in [0.2, 0.25) is 0 Å². The Labute approximate surface area is 107 Å². The average Bonchev–Trinajstić information content (AvgIpc) is 2.29. The molecule has 0 radical (unpaired) electrons. The Morgan fingerprint density at radius 2 is 2.06 bits per heavy atom. The molecule has 1 N–H and O–H groups in total. The molecule has 0 aromatic rings. The van der Waals surface area contributed by atoms with Crippen molar-refractivity contribution in [3.8, 4) is 0 Å². The van der Waals surface area contributed by atoms with Gasteiger partial charge in [0.1, 0.15) is 0 Å². The average molecular weight is 267 g/mol. The van der Waals surface area contributed by atoms with E-state index in [1.165, 1.54) is 0 Å². The van der Waals surface area contributed by atoms with Crippen LogP contribution >= 0.6 is 0 Å². The molecule has 0 spiro atoms. The molecular weight excluding hydrogens is 243 g/mol. The lowest BCUT2D eigenvalue weighted by Gasteiger charge is -2.33. The third-order valence-electron chi connectivity index (χ3n) is 3.61. The van der Waals surface area contributed by atoms with Crippen LogP contribution in [0.1, 0.15) is 45.4 Å². The maximum atomic E-state index is 12.7. The molecule has 108 valence electrons. The number of alkyl halides is 3. The highest BCUT2D eigenvalue weighted by atomic mass is 19.4. The fourth-order valence-electron chi connectivity index (χ4n) is 2.74. The van der Waals surface area contributed by atoms with Crippen LogP contribution in [0, 0.1) is 5.92 Å². The van der Waals surface area contributed by atoms with E-state index in [0.717, 1.165) is 19.3 Å². The van der Waals surface area contributed by atoms with Crippen LogP contribution in [0.2, 0.25) is 0 Å². The van der Waals surface area contributed by atoms with Crippen LogP contribution in [0.25, 0.3) is 0 Å². The normalized spacial score (nSPS) is 27.2. The molecule has 0 bridgehead atoms. The summed E-state index contributed by atoms with van der Waals surface area (Å²) in [6.45, 7) is 2.64. The van der Waals surface area contributed by atoms with Crippen molar-refractivity contribution in [3.63, 3.8) is 0 Å². The Balaban J connectivity index is 2.45. The molecule has 18 heavy (non-hydrogen) atoms. The lowest BCUT2D eigenvalue weighted by Crippen LogP contribution is -2.45. The second-order valence-electron chi connectivity index (χ2n) is 5.21. The Bertz CT molecular complexity index is 227. The largest absolute Gasteiger partial charge is 0.391 e. The van der Waals surface area contributed by atoms with Crippen LogP contribution < -0.4 is 5.32 Å². The van der Waals surface area contributed by atoms with Crippen molar-refractivity contribution in [3.05, 3.63) is 0 Å². The summed E-state index contributed by atoms with van der Waals surface area (Å²) in [5, 5.41) is 3.33. The summed E-state index contributed by atoms with van der Waals surface area (Å²) < 4.78 is 43.2. The maximum absolute atomic E-state index is 12.7. The predicted molar refractivity (Wildman–Crippen MR) is 65.5 cm³/mol. The quantitative estimate of drug-likeness (QED) is 0.795. The summed E-state index contributed by atoms with van der Waals surface area (Å²) in [4.78, 5) is 0. The van der Waals surface area contributed by atoms with E-state index in [-0.39, 0.29) is 24.9 Å². The highest BCUT2D eigenvalue weighted by Gasteiger charge is 2.42. The van der Waals surface area contributed by atoms with Gasteiger partial charge in [-0.3, -0.25) is 0 Å². The van der Waals surface area contributed by atoms with Gasteiger partial charge in [-0.05, 0) is 25.7 Å². The van der Waals surface area contributed by atoms with Gasteiger partial charge in [0.05, 0.1) is 12.5 Å². The van der Waals surface area contributed by atoms with Crippen molar-refractivity contribution in [1.29, 1.82) is 0 Å². The first kappa shape index (κ1) is 15.8. The molecule has 5 heteroatoms. The first-order valence-electron chi connectivity index (χ1n) is 6.79. The lowest BCUT2D eigenvalue weighted by molar-refractivity contribution is -0.184. The molecule has 1 saturated carbocycles. The predicted octanol–water partition coefficient (Wildman–Crippen LogP) is 3.51. The summed E-state index contributed by atoms with van der Waals surface area (Å²) in [6, 6.07) is 0.161. The zero-order valence-electron chi connectivity index (χ0n) is 11.2. The van der Waals surface area contributed by atoms with Gasteiger partial charge >= 0.3 is 6.18 Å². The highest BCUT2D eigenvalue weighted by Crippen LogP contribution is 2.37. The van der Waals surface area contributed by atoms with Gasteiger partial charge in [0, 0.05) is 19.2 Å². The molecule has 0 aromatic carbocycles. The van der Waals surface area contributed by atoms with Gasteiger partial charge < -0.3 is 10.1 Å². The molecule has 1 rings (SSSR count). The summed E-state index contributed by atoms with van der Waals surface area (Å²) in [7, 11) is 1.63. The van der Waals surface area contributed by atoms with E-state index >= 15 is 0 Å². The Morgan fingerprint density at radius 1 is 1.33 bits per heavy atom. The monoisotopic (exact) mass is 267 g/mol. The molecule has 0 aromatic heterocycles. The van der Waals surface area contributed by atoms with Crippen LogP contribution in [0.5, 0.6) is 0 Å². The van der Waals surface area contributed by atoms with E-state index in [1.807, 2.05) is 0 Å². The topological polar surface area (TPSA) is 21.3 Å². The molecule has 1 aliphatic rings. The van der Waals surface area contributed by atoms with Gasteiger partial charge in [-0.15, -0.1) is 0 Å². The molecule has 0 saturated heterocycles. The van der Waals surface area contributed by atoms with Crippen molar-refractivity contribution in [2.45, 2.75) is 63.7 Å². The smallest absolute Gasteiger partial charge is 0.383 e. The number of hydrogen-bond donors (Lipinski definition) is 1. The van der Waals surface area contributed by atoms with Crippen molar-refractivity contribution in [2.75, 3.05) is 13.7 Å². The zero-order chi connectivity index (χ0) is 13.6. The molecule has 3 atom stereocenters. The molecule has 3 unspecified atom stereocenters. The molecule has 0 aliphatic heterocycles. The number of methoxy groups -OCH3 is 1. The summed E-state index contributed by atoms with van der Waals surface area (Å²) >= 11 is 0. The van der Waals surface area contributed by atoms with Crippen LogP contribution in [0.4, 0.5) is 13.2 Å².